The van der Waals surface area contributed by atoms with Crippen LogP contribution in [0.3, 0.4) is 0 Å². The second-order valence-electron chi connectivity index (χ2n) is 3.34. The number of rotatable bonds is 3. The van der Waals surface area contributed by atoms with Crippen molar-refractivity contribution in [2.75, 3.05) is 11.9 Å². The van der Waals surface area contributed by atoms with Crippen LogP contribution in [0, 0.1) is 0 Å². The SMILES string of the molecule is CCOc1ccccc1NC(=O)NC(=O)C(F)(F)F. The Morgan fingerprint density at radius 2 is 1.89 bits per heavy atom. The Bertz CT molecular complexity index is 474. The molecule has 2 N–H and O–H groups in total. The molecule has 104 valence electrons. The molecule has 0 bridgehead atoms. The molecule has 0 aliphatic rings. The molecular formula is C11H11F3N2O3. The third-order valence-electron chi connectivity index (χ3n) is 1.92. The van der Waals surface area contributed by atoms with Crippen LogP contribution in [0.2, 0.25) is 0 Å². The van der Waals surface area contributed by atoms with E-state index < -0.39 is 18.1 Å². The van der Waals surface area contributed by atoms with Crippen molar-refractivity contribution in [3.8, 4) is 5.75 Å². The largest absolute Gasteiger partial charge is 0.492 e. The van der Waals surface area contributed by atoms with E-state index in [1.54, 1.807) is 19.1 Å². The van der Waals surface area contributed by atoms with Gasteiger partial charge in [0.1, 0.15) is 5.75 Å². The number of carbonyl (C=O) groups is 2. The molecule has 3 amide bonds. The number of hydrogen-bond donors (Lipinski definition) is 2. The Morgan fingerprint density at radius 1 is 1.26 bits per heavy atom. The van der Waals surface area contributed by atoms with Crippen LogP contribution >= 0.6 is 0 Å². The van der Waals surface area contributed by atoms with Gasteiger partial charge in [-0.25, -0.2) is 4.79 Å². The van der Waals surface area contributed by atoms with Crippen LogP contribution in [0.5, 0.6) is 5.75 Å². The minimum atomic E-state index is -5.11. The zero-order valence-corrected chi connectivity index (χ0v) is 9.88. The van der Waals surface area contributed by atoms with Gasteiger partial charge in [-0.1, -0.05) is 12.1 Å². The second-order valence-corrected chi connectivity index (χ2v) is 3.34. The summed E-state index contributed by atoms with van der Waals surface area (Å²) in [6.45, 7) is 2.03. The fourth-order valence-corrected chi connectivity index (χ4v) is 1.18. The Labute approximate surface area is 106 Å². The summed E-state index contributed by atoms with van der Waals surface area (Å²) in [5.74, 6) is -2.04. The van der Waals surface area contributed by atoms with E-state index in [1.807, 2.05) is 0 Å². The van der Waals surface area contributed by atoms with E-state index in [4.69, 9.17) is 4.74 Å². The molecule has 0 unspecified atom stereocenters. The van der Waals surface area contributed by atoms with Crippen LogP contribution < -0.4 is 15.4 Å². The van der Waals surface area contributed by atoms with Gasteiger partial charge in [0.2, 0.25) is 0 Å². The zero-order valence-electron chi connectivity index (χ0n) is 9.88. The van der Waals surface area contributed by atoms with E-state index in [1.165, 1.54) is 17.4 Å². The highest BCUT2D eigenvalue weighted by molar-refractivity contribution is 6.03. The molecule has 1 aromatic rings. The molecular weight excluding hydrogens is 265 g/mol. The quantitative estimate of drug-likeness (QED) is 0.890. The van der Waals surface area contributed by atoms with Gasteiger partial charge < -0.3 is 10.1 Å². The first-order chi connectivity index (χ1) is 8.84. The van der Waals surface area contributed by atoms with Gasteiger partial charge in [0.15, 0.2) is 0 Å². The molecule has 0 aromatic heterocycles. The average molecular weight is 276 g/mol. The van der Waals surface area contributed by atoms with Crippen molar-refractivity contribution in [1.82, 2.24) is 5.32 Å². The number of anilines is 1. The van der Waals surface area contributed by atoms with Crippen molar-refractivity contribution in [2.24, 2.45) is 0 Å². The van der Waals surface area contributed by atoms with Gasteiger partial charge in [0.05, 0.1) is 12.3 Å². The van der Waals surface area contributed by atoms with E-state index in [-0.39, 0.29) is 5.69 Å². The third kappa shape index (κ3) is 4.49. The lowest BCUT2D eigenvalue weighted by Crippen LogP contribution is -2.42. The van der Waals surface area contributed by atoms with E-state index >= 15 is 0 Å². The summed E-state index contributed by atoms with van der Waals surface area (Å²) in [4.78, 5) is 21.8. The number of imide groups is 1. The van der Waals surface area contributed by atoms with Crippen LogP contribution in [-0.2, 0) is 4.79 Å². The predicted molar refractivity (Wildman–Crippen MR) is 60.8 cm³/mol. The standard InChI is InChI=1S/C11H11F3N2O3/c1-2-19-8-6-4-3-5-7(8)15-10(18)16-9(17)11(12,13)14/h3-6H,2H2,1H3,(H2,15,16,17,18). The van der Waals surface area contributed by atoms with Crippen LogP contribution in [0.15, 0.2) is 24.3 Å². The lowest BCUT2D eigenvalue weighted by Gasteiger charge is -2.12. The minimum absolute atomic E-state index is 0.164. The van der Waals surface area contributed by atoms with Crippen LogP contribution in [0.4, 0.5) is 23.7 Å². The maximum Gasteiger partial charge on any atom is 0.471 e. The molecule has 0 atom stereocenters. The number of nitrogens with one attached hydrogen (secondary N) is 2. The highest BCUT2D eigenvalue weighted by atomic mass is 19.4. The summed E-state index contributed by atoms with van der Waals surface area (Å²) < 4.78 is 41.0. The average Bonchev–Trinajstić information content (AvgIpc) is 2.30. The number of carbonyl (C=O) groups excluding carboxylic acids is 2. The molecule has 1 aromatic carbocycles. The van der Waals surface area contributed by atoms with Gasteiger partial charge in [-0.05, 0) is 19.1 Å². The maximum atomic E-state index is 11.9. The first-order valence-corrected chi connectivity index (χ1v) is 5.25. The summed E-state index contributed by atoms with van der Waals surface area (Å²) in [7, 11) is 0. The number of ether oxygens (including phenoxy) is 1. The zero-order chi connectivity index (χ0) is 14.5. The summed E-state index contributed by atoms with van der Waals surface area (Å²) in [6, 6.07) is 4.88. The van der Waals surface area contributed by atoms with Crippen molar-refractivity contribution < 1.29 is 27.5 Å². The lowest BCUT2D eigenvalue weighted by molar-refractivity contribution is -0.172. The highest BCUT2D eigenvalue weighted by Crippen LogP contribution is 2.23. The molecule has 5 nitrogen and oxygen atoms in total. The molecule has 0 fully saturated rings. The summed E-state index contributed by atoms with van der Waals surface area (Å²) >= 11 is 0. The molecule has 19 heavy (non-hydrogen) atoms. The summed E-state index contributed by atoms with van der Waals surface area (Å²) in [6.07, 6.45) is -5.11. The van der Waals surface area contributed by atoms with Gasteiger partial charge in [0.25, 0.3) is 0 Å². The summed E-state index contributed by atoms with van der Waals surface area (Å²) in [5.41, 5.74) is 0.164. The molecule has 0 radical (unpaired) electrons. The number of benzene rings is 1. The number of urea groups is 1. The highest BCUT2D eigenvalue weighted by Gasteiger charge is 2.39. The fourth-order valence-electron chi connectivity index (χ4n) is 1.18. The number of amides is 3. The topological polar surface area (TPSA) is 67.4 Å². The molecule has 0 spiro atoms. The van der Waals surface area contributed by atoms with Crippen LogP contribution in [0.25, 0.3) is 0 Å². The number of alkyl halides is 3. The third-order valence-corrected chi connectivity index (χ3v) is 1.92. The van der Waals surface area contributed by atoms with Crippen molar-refractivity contribution in [2.45, 2.75) is 13.1 Å². The Morgan fingerprint density at radius 3 is 2.47 bits per heavy atom. The minimum Gasteiger partial charge on any atom is -0.492 e. The van der Waals surface area contributed by atoms with Gasteiger partial charge in [0, 0.05) is 0 Å². The first-order valence-electron chi connectivity index (χ1n) is 5.25. The molecule has 0 saturated carbocycles. The number of hydrogen-bond acceptors (Lipinski definition) is 3. The van der Waals surface area contributed by atoms with Crippen molar-refractivity contribution >= 4 is 17.6 Å². The molecule has 0 aliphatic heterocycles. The summed E-state index contributed by atoms with van der Waals surface area (Å²) in [5, 5.41) is 3.27. The number of halogens is 3. The van der Waals surface area contributed by atoms with Crippen molar-refractivity contribution in [1.29, 1.82) is 0 Å². The fraction of sp³-hybridized carbons (Fsp3) is 0.273. The molecule has 0 heterocycles. The molecule has 1 rings (SSSR count). The molecule has 0 saturated heterocycles. The van der Waals surface area contributed by atoms with E-state index in [0.717, 1.165) is 0 Å². The van der Waals surface area contributed by atoms with Crippen molar-refractivity contribution in [3.63, 3.8) is 0 Å². The van der Waals surface area contributed by atoms with E-state index in [9.17, 15) is 22.8 Å². The molecule has 8 heteroatoms. The van der Waals surface area contributed by atoms with E-state index in [0.29, 0.717) is 12.4 Å². The normalized spacial score (nSPS) is 10.7. The smallest absolute Gasteiger partial charge is 0.471 e. The van der Waals surface area contributed by atoms with E-state index in [2.05, 4.69) is 5.32 Å². The van der Waals surface area contributed by atoms with Gasteiger partial charge >= 0.3 is 18.1 Å². The Hall–Kier alpha value is -2.25. The Kier molecular flexibility index (Phi) is 4.74. The van der Waals surface area contributed by atoms with Crippen LogP contribution in [-0.4, -0.2) is 24.7 Å². The Balaban J connectivity index is 2.70. The van der Waals surface area contributed by atoms with Gasteiger partial charge in [-0.2, -0.15) is 13.2 Å². The maximum absolute atomic E-state index is 11.9. The predicted octanol–water partition coefficient (Wildman–Crippen LogP) is 2.30. The molecule has 0 aliphatic carbocycles. The lowest BCUT2D eigenvalue weighted by atomic mass is 10.3. The van der Waals surface area contributed by atoms with Crippen molar-refractivity contribution in [3.05, 3.63) is 24.3 Å². The second kappa shape index (κ2) is 6.07. The van der Waals surface area contributed by atoms with Gasteiger partial charge in [-0.3, -0.25) is 10.1 Å². The number of para-hydroxylation sites is 2. The first kappa shape index (κ1) is 14.8. The van der Waals surface area contributed by atoms with Crippen LogP contribution in [0.1, 0.15) is 6.92 Å². The van der Waals surface area contributed by atoms with Gasteiger partial charge in [-0.15, -0.1) is 0 Å². The monoisotopic (exact) mass is 276 g/mol.